The monoisotopic (exact) mass is 256 g/mol. The van der Waals surface area contributed by atoms with Crippen LogP contribution in [0.5, 0.6) is 0 Å². The van der Waals surface area contributed by atoms with Crippen LogP contribution in [0, 0.1) is 5.92 Å². The highest BCUT2D eigenvalue weighted by atomic mass is 16.2. The number of fused-ring (bicyclic) bond motifs is 2. The van der Waals surface area contributed by atoms with Crippen molar-refractivity contribution in [1.82, 2.24) is 19.9 Å². The first-order valence-corrected chi connectivity index (χ1v) is 6.94. The molecule has 0 aromatic carbocycles. The molecule has 1 aliphatic heterocycles. The number of carbonyl (C=O) groups is 1. The largest absolute Gasteiger partial charge is 0.343 e. The normalized spacial score (nSPS) is 26.0. The average Bonchev–Trinajstić information content (AvgIpc) is 3.12. The molecular formula is C14H16N4O. The first-order chi connectivity index (χ1) is 9.33. The molecule has 0 radical (unpaired) electrons. The average molecular weight is 256 g/mol. The Bertz CT molecular complexity index is 635. The zero-order valence-electron chi connectivity index (χ0n) is 10.7. The molecule has 2 atom stereocenters. The maximum Gasteiger partial charge on any atom is 0.272 e. The predicted molar refractivity (Wildman–Crippen MR) is 70.7 cm³/mol. The fraction of sp³-hybridized carbons (Fsp3) is 0.500. The van der Waals surface area contributed by atoms with Crippen LogP contribution < -0.4 is 0 Å². The van der Waals surface area contributed by atoms with E-state index in [-0.39, 0.29) is 5.91 Å². The maximum atomic E-state index is 12.6. The van der Waals surface area contributed by atoms with E-state index in [2.05, 4.69) is 15.0 Å². The minimum absolute atomic E-state index is 0.0688. The summed E-state index contributed by atoms with van der Waals surface area (Å²) in [4.78, 5) is 26.1. The third-order valence-corrected chi connectivity index (χ3v) is 4.52. The van der Waals surface area contributed by atoms with Crippen molar-refractivity contribution in [2.45, 2.75) is 31.7 Å². The van der Waals surface area contributed by atoms with Crippen LogP contribution in [0.2, 0.25) is 0 Å². The zero-order valence-corrected chi connectivity index (χ0v) is 10.7. The summed E-state index contributed by atoms with van der Waals surface area (Å²) in [7, 11) is 0. The highest BCUT2D eigenvalue weighted by Crippen LogP contribution is 2.38. The first kappa shape index (κ1) is 11.0. The van der Waals surface area contributed by atoms with Crippen molar-refractivity contribution in [2.75, 3.05) is 6.54 Å². The van der Waals surface area contributed by atoms with Crippen LogP contribution in [0.15, 0.2) is 18.5 Å². The molecule has 0 spiro atoms. The van der Waals surface area contributed by atoms with E-state index in [0.29, 0.717) is 17.4 Å². The summed E-state index contributed by atoms with van der Waals surface area (Å²) in [6.45, 7) is 0.883. The smallest absolute Gasteiger partial charge is 0.272 e. The predicted octanol–water partition coefficient (Wildman–Crippen LogP) is 1.97. The van der Waals surface area contributed by atoms with E-state index in [0.717, 1.165) is 30.8 Å². The van der Waals surface area contributed by atoms with Crippen molar-refractivity contribution in [3.63, 3.8) is 0 Å². The molecule has 2 aromatic rings. The number of hydrogen-bond acceptors (Lipinski definition) is 3. The van der Waals surface area contributed by atoms with E-state index in [1.807, 2.05) is 11.0 Å². The van der Waals surface area contributed by atoms with Gasteiger partial charge in [0.1, 0.15) is 5.69 Å². The van der Waals surface area contributed by atoms with Crippen LogP contribution >= 0.6 is 0 Å². The van der Waals surface area contributed by atoms with Crippen LogP contribution in [0.4, 0.5) is 0 Å². The fourth-order valence-electron chi connectivity index (χ4n) is 3.58. The molecule has 5 nitrogen and oxygen atoms in total. The Morgan fingerprint density at radius 2 is 2.26 bits per heavy atom. The Morgan fingerprint density at radius 3 is 3.21 bits per heavy atom. The Hall–Kier alpha value is -1.91. The van der Waals surface area contributed by atoms with Gasteiger partial charge >= 0.3 is 0 Å². The standard InChI is InChI=1S/C14H16N4O/c19-14(18-7-6-9-2-1-3-12(9)18)11-5-4-10-13(17-11)16-8-15-10/h4-5,8-9,12H,1-3,6-7H2,(H,15,16,17)/t9-,12-/m0/s1. The Balaban J connectivity index is 1.65. The lowest BCUT2D eigenvalue weighted by Gasteiger charge is -2.23. The summed E-state index contributed by atoms with van der Waals surface area (Å²) >= 11 is 0. The number of rotatable bonds is 1. The molecule has 2 fully saturated rings. The Labute approximate surface area is 111 Å². The minimum atomic E-state index is 0.0688. The molecule has 1 N–H and O–H groups in total. The molecule has 4 rings (SSSR count). The molecule has 0 unspecified atom stereocenters. The zero-order chi connectivity index (χ0) is 12.8. The number of nitrogens with one attached hydrogen (secondary N) is 1. The highest BCUT2D eigenvalue weighted by molar-refractivity contribution is 5.94. The maximum absolute atomic E-state index is 12.6. The van der Waals surface area contributed by atoms with E-state index >= 15 is 0 Å². The Morgan fingerprint density at radius 1 is 1.32 bits per heavy atom. The van der Waals surface area contributed by atoms with Crippen molar-refractivity contribution in [1.29, 1.82) is 0 Å². The number of nitrogens with zero attached hydrogens (tertiary/aromatic N) is 3. The molecule has 5 heteroatoms. The number of hydrogen-bond donors (Lipinski definition) is 1. The molecule has 1 saturated heterocycles. The summed E-state index contributed by atoms with van der Waals surface area (Å²) < 4.78 is 0. The SMILES string of the molecule is O=C(c1ccc2[nH]cnc2n1)N1CC[C@@H]2CCC[C@@H]21. The van der Waals surface area contributed by atoms with Gasteiger partial charge in [-0.15, -0.1) is 0 Å². The molecule has 1 saturated carbocycles. The number of likely N-dealkylation sites (tertiary alicyclic amines) is 1. The van der Waals surface area contributed by atoms with E-state index in [4.69, 9.17) is 0 Å². The third kappa shape index (κ3) is 1.64. The molecule has 98 valence electrons. The molecule has 3 heterocycles. The van der Waals surface area contributed by atoms with Crippen LogP contribution in [0.3, 0.4) is 0 Å². The summed E-state index contributed by atoms with van der Waals surface area (Å²) in [6.07, 6.45) is 6.45. The Kier molecular flexibility index (Phi) is 2.33. The van der Waals surface area contributed by atoms with Crippen LogP contribution in [-0.4, -0.2) is 38.3 Å². The number of imidazole rings is 1. The molecule has 1 aliphatic carbocycles. The quantitative estimate of drug-likeness (QED) is 0.848. The highest BCUT2D eigenvalue weighted by Gasteiger charge is 2.40. The van der Waals surface area contributed by atoms with Crippen LogP contribution in [0.25, 0.3) is 11.2 Å². The van der Waals surface area contributed by atoms with Gasteiger partial charge in [0.25, 0.3) is 5.91 Å². The van der Waals surface area contributed by atoms with Crippen molar-refractivity contribution in [2.24, 2.45) is 5.92 Å². The van der Waals surface area contributed by atoms with Gasteiger partial charge in [0.15, 0.2) is 5.65 Å². The number of aromatic amines is 1. The summed E-state index contributed by atoms with van der Waals surface area (Å²) in [5.74, 6) is 0.789. The molecular weight excluding hydrogens is 240 g/mol. The third-order valence-electron chi connectivity index (χ3n) is 4.52. The van der Waals surface area contributed by atoms with Gasteiger partial charge in [0, 0.05) is 12.6 Å². The number of carbonyl (C=O) groups excluding carboxylic acids is 1. The lowest BCUT2D eigenvalue weighted by molar-refractivity contribution is 0.0723. The summed E-state index contributed by atoms with van der Waals surface area (Å²) in [5.41, 5.74) is 2.01. The lowest BCUT2D eigenvalue weighted by Crippen LogP contribution is -2.36. The van der Waals surface area contributed by atoms with Gasteiger partial charge < -0.3 is 9.88 Å². The lowest BCUT2D eigenvalue weighted by atomic mass is 10.0. The van der Waals surface area contributed by atoms with Gasteiger partial charge in [-0.3, -0.25) is 4.79 Å². The van der Waals surface area contributed by atoms with Crippen molar-refractivity contribution in [3.8, 4) is 0 Å². The molecule has 1 amide bonds. The van der Waals surface area contributed by atoms with E-state index in [1.165, 1.54) is 12.8 Å². The number of H-pyrrole nitrogens is 1. The number of aromatic nitrogens is 3. The van der Waals surface area contributed by atoms with Gasteiger partial charge in [-0.05, 0) is 37.3 Å². The number of amides is 1. The topological polar surface area (TPSA) is 61.9 Å². The summed E-state index contributed by atoms with van der Waals surface area (Å²) in [6, 6.07) is 4.12. The van der Waals surface area contributed by atoms with Crippen molar-refractivity contribution >= 4 is 17.1 Å². The van der Waals surface area contributed by atoms with Gasteiger partial charge in [-0.1, -0.05) is 6.42 Å². The van der Waals surface area contributed by atoms with E-state index in [1.54, 1.807) is 12.4 Å². The van der Waals surface area contributed by atoms with Gasteiger partial charge in [0.05, 0.1) is 11.8 Å². The second kappa shape index (κ2) is 4.05. The second-order valence-electron chi connectivity index (χ2n) is 5.52. The number of pyridine rings is 1. The second-order valence-corrected chi connectivity index (χ2v) is 5.52. The minimum Gasteiger partial charge on any atom is -0.343 e. The molecule has 2 aliphatic rings. The molecule has 0 bridgehead atoms. The molecule has 2 aromatic heterocycles. The van der Waals surface area contributed by atoms with E-state index in [9.17, 15) is 4.79 Å². The van der Waals surface area contributed by atoms with E-state index < -0.39 is 0 Å². The van der Waals surface area contributed by atoms with Gasteiger partial charge in [-0.2, -0.15) is 0 Å². The van der Waals surface area contributed by atoms with Crippen LogP contribution in [0.1, 0.15) is 36.2 Å². The first-order valence-electron chi connectivity index (χ1n) is 6.94. The van der Waals surface area contributed by atoms with Gasteiger partial charge in [-0.25, -0.2) is 9.97 Å². The fourth-order valence-corrected chi connectivity index (χ4v) is 3.58. The molecule has 19 heavy (non-hydrogen) atoms. The van der Waals surface area contributed by atoms with Gasteiger partial charge in [0.2, 0.25) is 0 Å². The summed E-state index contributed by atoms with van der Waals surface area (Å²) in [5, 5.41) is 0. The van der Waals surface area contributed by atoms with Crippen molar-refractivity contribution < 1.29 is 4.79 Å². The van der Waals surface area contributed by atoms with Crippen molar-refractivity contribution in [3.05, 3.63) is 24.2 Å². The van der Waals surface area contributed by atoms with Crippen LogP contribution in [-0.2, 0) is 0 Å².